The van der Waals surface area contributed by atoms with Crippen molar-refractivity contribution >= 4 is 0 Å². The van der Waals surface area contributed by atoms with Crippen LogP contribution >= 0.6 is 0 Å². The summed E-state index contributed by atoms with van der Waals surface area (Å²) < 4.78 is 39.1. The molecule has 0 aliphatic carbocycles. The van der Waals surface area contributed by atoms with Gasteiger partial charge in [-0.2, -0.15) is 18.4 Å². The molecule has 0 aromatic carbocycles. The zero-order valence-electron chi connectivity index (χ0n) is 14.2. The monoisotopic (exact) mass is 352 g/mol. The maximum Gasteiger partial charge on any atom is 0.417 e. The first-order chi connectivity index (χ1) is 11.5. The molecule has 0 bridgehead atoms. The van der Waals surface area contributed by atoms with Gasteiger partial charge in [0.15, 0.2) is 0 Å². The van der Waals surface area contributed by atoms with Crippen molar-refractivity contribution in [1.29, 1.82) is 5.26 Å². The molecule has 5 nitrogen and oxygen atoms in total. The lowest BCUT2D eigenvalue weighted by Crippen LogP contribution is -2.20. The summed E-state index contributed by atoms with van der Waals surface area (Å²) in [6.07, 6.45) is -3.15. The van der Waals surface area contributed by atoms with E-state index in [1.165, 1.54) is 10.7 Å². The molecule has 0 amide bonds. The normalized spacial score (nSPS) is 12.2. The zero-order chi connectivity index (χ0) is 18.8. The van der Waals surface area contributed by atoms with Crippen LogP contribution in [-0.4, -0.2) is 14.8 Å². The zero-order valence-corrected chi connectivity index (χ0v) is 14.2. The first-order valence-corrected chi connectivity index (χ1v) is 7.75. The van der Waals surface area contributed by atoms with E-state index < -0.39 is 11.7 Å². The van der Waals surface area contributed by atoms with Crippen molar-refractivity contribution in [3.8, 4) is 6.07 Å². The first-order valence-electron chi connectivity index (χ1n) is 7.75. The molecule has 1 N–H and O–H groups in total. The molecule has 2 aromatic heterocycles. The molecule has 0 radical (unpaired) electrons. The first kappa shape index (κ1) is 18.8. The van der Waals surface area contributed by atoms with Gasteiger partial charge in [-0.25, -0.2) is 4.68 Å². The Labute approximate surface area is 143 Å². The summed E-state index contributed by atoms with van der Waals surface area (Å²) in [7, 11) is 0. The number of aromatic amines is 1. The Kier molecular flexibility index (Phi) is 5.07. The van der Waals surface area contributed by atoms with Gasteiger partial charge in [0.25, 0.3) is 5.56 Å². The summed E-state index contributed by atoms with van der Waals surface area (Å²) in [5.41, 5.74) is 0.147. The summed E-state index contributed by atoms with van der Waals surface area (Å²) >= 11 is 0. The number of alkyl halides is 3. The van der Waals surface area contributed by atoms with E-state index in [-0.39, 0.29) is 23.9 Å². The van der Waals surface area contributed by atoms with Crippen molar-refractivity contribution in [2.45, 2.75) is 51.7 Å². The van der Waals surface area contributed by atoms with Gasteiger partial charge in [0.1, 0.15) is 0 Å². The molecule has 2 aromatic rings. The Balaban J connectivity index is 2.35. The molecule has 8 heteroatoms. The molecular weight excluding hydrogens is 333 g/mol. The number of nitrogens with zero attached hydrogens (tertiary/aromatic N) is 3. The van der Waals surface area contributed by atoms with Crippen LogP contribution in [0.15, 0.2) is 23.1 Å². The molecule has 2 rings (SSSR count). The predicted molar refractivity (Wildman–Crippen MR) is 86.0 cm³/mol. The van der Waals surface area contributed by atoms with E-state index >= 15 is 0 Å². The fourth-order valence-electron chi connectivity index (χ4n) is 2.52. The number of rotatable bonds is 4. The third-order valence-electron chi connectivity index (χ3n) is 3.76. The Morgan fingerprint density at radius 2 is 1.96 bits per heavy atom. The Morgan fingerprint density at radius 3 is 2.44 bits per heavy atom. The Morgan fingerprint density at radius 1 is 1.28 bits per heavy atom. The van der Waals surface area contributed by atoms with Gasteiger partial charge in [0.05, 0.1) is 23.9 Å². The summed E-state index contributed by atoms with van der Waals surface area (Å²) in [4.78, 5) is 16.4. The number of aromatic nitrogens is 3. The molecule has 2 heterocycles. The number of H-pyrrole nitrogens is 1. The lowest BCUT2D eigenvalue weighted by atomic mass is 9.88. The molecule has 134 valence electrons. The summed E-state index contributed by atoms with van der Waals surface area (Å²) in [6.45, 7) is 5.85. The van der Waals surface area contributed by atoms with Gasteiger partial charge in [-0.15, -0.1) is 0 Å². The van der Waals surface area contributed by atoms with Crippen molar-refractivity contribution in [3.63, 3.8) is 0 Å². The van der Waals surface area contributed by atoms with Crippen molar-refractivity contribution in [2.24, 2.45) is 0 Å². The topological polar surface area (TPSA) is 74.5 Å². The van der Waals surface area contributed by atoms with Gasteiger partial charge < -0.3 is 0 Å². The van der Waals surface area contributed by atoms with Crippen molar-refractivity contribution < 1.29 is 13.2 Å². The maximum atomic E-state index is 12.6. The highest BCUT2D eigenvalue weighted by molar-refractivity contribution is 5.25. The van der Waals surface area contributed by atoms with E-state index in [9.17, 15) is 18.0 Å². The van der Waals surface area contributed by atoms with Gasteiger partial charge >= 0.3 is 6.18 Å². The average molecular weight is 352 g/mol. The van der Waals surface area contributed by atoms with Crippen molar-refractivity contribution in [1.82, 2.24) is 14.8 Å². The van der Waals surface area contributed by atoms with E-state index in [1.54, 1.807) is 0 Å². The minimum Gasteiger partial charge on any atom is -0.299 e. The summed E-state index contributed by atoms with van der Waals surface area (Å²) in [5.74, 6) is 0. The van der Waals surface area contributed by atoms with Gasteiger partial charge in [0.2, 0.25) is 0 Å². The highest BCUT2D eigenvalue weighted by Crippen LogP contribution is 2.28. The second-order valence-electron chi connectivity index (χ2n) is 6.80. The highest BCUT2D eigenvalue weighted by atomic mass is 19.4. The van der Waals surface area contributed by atoms with E-state index in [1.807, 2.05) is 26.8 Å². The van der Waals surface area contributed by atoms with Gasteiger partial charge in [0, 0.05) is 29.3 Å². The van der Waals surface area contributed by atoms with E-state index in [2.05, 4.69) is 10.1 Å². The molecular formula is C17H19F3N4O. The SMILES string of the molecule is CC(C)(C)c1[nH]n(Cc2ccc(C(F)(F)F)cn2)c(=O)c1CCC#N. The number of halogens is 3. The third-order valence-corrected chi connectivity index (χ3v) is 3.76. The highest BCUT2D eigenvalue weighted by Gasteiger charge is 2.30. The summed E-state index contributed by atoms with van der Waals surface area (Å²) in [6, 6.07) is 4.21. The van der Waals surface area contributed by atoms with Crippen LogP contribution in [0.25, 0.3) is 0 Å². The van der Waals surface area contributed by atoms with E-state index in [4.69, 9.17) is 5.26 Å². The molecule has 0 saturated carbocycles. The molecule has 0 spiro atoms. The summed E-state index contributed by atoms with van der Waals surface area (Å²) in [5, 5.41) is 11.8. The molecule has 25 heavy (non-hydrogen) atoms. The number of hydrogen-bond donors (Lipinski definition) is 1. The van der Waals surface area contributed by atoms with Crippen molar-refractivity contribution in [3.05, 3.63) is 51.2 Å². The second kappa shape index (κ2) is 6.75. The molecule has 0 atom stereocenters. The number of nitrogens with one attached hydrogen (secondary N) is 1. The molecule has 0 aliphatic rings. The van der Waals surface area contributed by atoms with Crippen LogP contribution in [0.2, 0.25) is 0 Å². The number of pyridine rings is 1. The van der Waals surface area contributed by atoms with E-state index in [0.717, 1.165) is 18.0 Å². The lowest BCUT2D eigenvalue weighted by molar-refractivity contribution is -0.137. The fraction of sp³-hybridized carbons (Fsp3) is 0.471. The van der Waals surface area contributed by atoms with Crippen LogP contribution in [-0.2, 0) is 24.6 Å². The smallest absolute Gasteiger partial charge is 0.299 e. The number of hydrogen-bond acceptors (Lipinski definition) is 3. The van der Waals surface area contributed by atoms with Crippen LogP contribution in [0.5, 0.6) is 0 Å². The van der Waals surface area contributed by atoms with Gasteiger partial charge in [-0.3, -0.25) is 14.9 Å². The maximum absolute atomic E-state index is 12.6. The minimum atomic E-state index is -4.45. The van der Waals surface area contributed by atoms with E-state index in [0.29, 0.717) is 17.7 Å². The standard InChI is InChI=1S/C17H19F3N4O/c1-16(2,3)14-13(5-4-8-21)15(25)24(23-14)10-12-7-6-11(9-22-12)17(18,19)20/h6-7,9,23H,4-5,10H2,1-3H3. The van der Waals surface area contributed by atoms with Gasteiger partial charge in [-0.1, -0.05) is 20.8 Å². The van der Waals surface area contributed by atoms with Crippen LogP contribution < -0.4 is 5.56 Å². The van der Waals surface area contributed by atoms with Crippen LogP contribution in [0, 0.1) is 11.3 Å². The second-order valence-corrected chi connectivity index (χ2v) is 6.80. The van der Waals surface area contributed by atoms with Crippen molar-refractivity contribution in [2.75, 3.05) is 0 Å². The number of nitriles is 1. The van der Waals surface area contributed by atoms with Crippen LogP contribution in [0.3, 0.4) is 0 Å². The Bertz CT molecular complexity index is 833. The third kappa shape index (κ3) is 4.29. The predicted octanol–water partition coefficient (Wildman–Crippen LogP) is 3.39. The molecule has 0 aliphatic heterocycles. The quantitative estimate of drug-likeness (QED) is 0.916. The fourth-order valence-corrected chi connectivity index (χ4v) is 2.52. The molecule has 0 unspecified atom stereocenters. The lowest BCUT2D eigenvalue weighted by Gasteiger charge is -2.18. The average Bonchev–Trinajstić information content (AvgIpc) is 2.81. The van der Waals surface area contributed by atoms with Crippen LogP contribution in [0.4, 0.5) is 13.2 Å². The molecule has 0 fully saturated rings. The minimum absolute atomic E-state index is 0.0343. The molecule has 0 saturated heterocycles. The Hall–Kier alpha value is -2.56. The largest absolute Gasteiger partial charge is 0.417 e. The van der Waals surface area contributed by atoms with Gasteiger partial charge in [-0.05, 0) is 18.6 Å². The van der Waals surface area contributed by atoms with Crippen LogP contribution in [0.1, 0.15) is 49.7 Å².